The van der Waals surface area contributed by atoms with E-state index >= 15 is 0 Å². The van der Waals surface area contributed by atoms with Crippen LogP contribution in [0, 0.1) is 12.7 Å². The molecule has 4 aromatic rings. The van der Waals surface area contributed by atoms with E-state index in [2.05, 4.69) is 64.9 Å². The zero-order valence-corrected chi connectivity index (χ0v) is 18.0. The number of thioether (sulfide) groups is 1. The van der Waals surface area contributed by atoms with E-state index < -0.39 is 0 Å². The molecule has 4 heteroatoms. The van der Waals surface area contributed by atoms with Crippen molar-refractivity contribution < 1.29 is 4.39 Å². The van der Waals surface area contributed by atoms with E-state index in [1.807, 2.05) is 23.9 Å². The van der Waals surface area contributed by atoms with E-state index in [4.69, 9.17) is 0 Å². The molecule has 1 fully saturated rings. The van der Waals surface area contributed by atoms with Crippen LogP contribution in [0.2, 0.25) is 0 Å². The number of rotatable bonds is 4. The molecule has 1 aliphatic rings. The Balaban J connectivity index is 1.68. The molecule has 2 nitrogen and oxygen atoms in total. The number of nitrogens with zero attached hydrogens (tertiary/aromatic N) is 2. The Hall–Kier alpha value is -2.56. The molecule has 1 saturated heterocycles. The van der Waals surface area contributed by atoms with Gasteiger partial charge in [-0.05, 0) is 59.8 Å². The molecular weight excluding hydrogens is 391 g/mol. The molecule has 0 saturated carbocycles. The first kappa shape index (κ1) is 19.4. The average Bonchev–Trinajstić information content (AvgIpc) is 3.10. The van der Waals surface area contributed by atoms with Crippen LogP contribution in [0.5, 0.6) is 0 Å². The average molecular weight is 417 g/mol. The lowest BCUT2D eigenvalue weighted by Crippen LogP contribution is -2.32. The van der Waals surface area contributed by atoms with Gasteiger partial charge in [-0.1, -0.05) is 36.4 Å². The largest absolute Gasteiger partial charge is 0.313 e. The molecule has 30 heavy (non-hydrogen) atoms. The lowest BCUT2D eigenvalue weighted by molar-refractivity contribution is 0.294. The lowest BCUT2D eigenvalue weighted by atomic mass is 10.1. The van der Waals surface area contributed by atoms with Gasteiger partial charge in [-0.2, -0.15) is 11.8 Å². The third-order valence-electron chi connectivity index (χ3n) is 6.00. The molecule has 0 spiro atoms. The number of hydrogen-bond donors (Lipinski definition) is 0. The molecule has 2 heterocycles. The highest BCUT2D eigenvalue weighted by molar-refractivity contribution is 7.99. The molecule has 0 bridgehead atoms. The zero-order chi connectivity index (χ0) is 20.5. The predicted molar refractivity (Wildman–Crippen MR) is 126 cm³/mol. The number of aromatic nitrogens is 1. The van der Waals surface area contributed by atoms with E-state index in [1.54, 1.807) is 12.1 Å². The molecule has 0 amide bonds. The Kier molecular flexibility index (Phi) is 5.36. The minimum absolute atomic E-state index is 0.204. The molecule has 0 aliphatic carbocycles. The molecule has 3 aromatic carbocycles. The Morgan fingerprint density at radius 3 is 2.43 bits per heavy atom. The van der Waals surface area contributed by atoms with E-state index in [0.29, 0.717) is 0 Å². The van der Waals surface area contributed by atoms with Crippen molar-refractivity contribution in [2.45, 2.75) is 13.5 Å². The van der Waals surface area contributed by atoms with Gasteiger partial charge < -0.3 is 4.57 Å². The second kappa shape index (κ2) is 8.29. The van der Waals surface area contributed by atoms with Crippen LogP contribution in [-0.2, 0) is 6.54 Å². The van der Waals surface area contributed by atoms with Crippen LogP contribution in [0.15, 0.2) is 72.8 Å². The SMILES string of the molecule is Cc1c(CN2CCSCC2)cc(-c2ccc(F)cc2)n1-c1cccc2ccccc12. The minimum atomic E-state index is -0.204. The third kappa shape index (κ3) is 3.66. The second-order valence-corrected chi connectivity index (χ2v) is 9.09. The molecule has 1 aromatic heterocycles. The summed E-state index contributed by atoms with van der Waals surface area (Å²) in [5.74, 6) is 2.20. The zero-order valence-electron chi connectivity index (χ0n) is 17.1. The van der Waals surface area contributed by atoms with Crippen LogP contribution in [0.25, 0.3) is 27.7 Å². The van der Waals surface area contributed by atoms with Gasteiger partial charge in [0, 0.05) is 42.2 Å². The second-order valence-electron chi connectivity index (χ2n) is 7.87. The highest BCUT2D eigenvalue weighted by atomic mass is 32.2. The monoisotopic (exact) mass is 416 g/mol. The fourth-order valence-electron chi connectivity index (χ4n) is 4.37. The van der Waals surface area contributed by atoms with Crippen molar-refractivity contribution in [1.82, 2.24) is 9.47 Å². The summed E-state index contributed by atoms with van der Waals surface area (Å²) >= 11 is 2.04. The maximum atomic E-state index is 13.6. The van der Waals surface area contributed by atoms with E-state index in [0.717, 1.165) is 30.9 Å². The van der Waals surface area contributed by atoms with Gasteiger partial charge in [-0.15, -0.1) is 0 Å². The first-order valence-electron chi connectivity index (χ1n) is 10.5. The third-order valence-corrected chi connectivity index (χ3v) is 6.94. The fourth-order valence-corrected chi connectivity index (χ4v) is 5.34. The summed E-state index contributed by atoms with van der Waals surface area (Å²) < 4.78 is 16.0. The van der Waals surface area contributed by atoms with Gasteiger partial charge >= 0.3 is 0 Å². The Morgan fingerprint density at radius 2 is 1.63 bits per heavy atom. The normalized spacial score (nSPS) is 15.0. The van der Waals surface area contributed by atoms with Crippen molar-refractivity contribution in [1.29, 1.82) is 0 Å². The molecule has 1 aliphatic heterocycles. The minimum Gasteiger partial charge on any atom is -0.313 e. The van der Waals surface area contributed by atoms with Crippen LogP contribution in [0.1, 0.15) is 11.3 Å². The summed E-state index contributed by atoms with van der Waals surface area (Å²) in [6, 6.07) is 24.1. The molecule has 0 N–H and O–H groups in total. The molecule has 152 valence electrons. The van der Waals surface area contributed by atoms with Crippen molar-refractivity contribution in [3.8, 4) is 16.9 Å². The van der Waals surface area contributed by atoms with Crippen LogP contribution in [0.3, 0.4) is 0 Å². The fraction of sp³-hybridized carbons (Fsp3) is 0.231. The summed E-state index contributed by atoms with van der Waals surface area (Å²) in [6.45, 7) is 5.44. The number of benzene rings is 3. The van der Waals surface area contributed by atoms with Crippen molar-refractivity contribution in [2.75, 3.05) is 24.6 Å². The van der Waals surface area contributed by atoms with Crippen molar-refractivity contribution in [3.63, 3.8) is 0 Å². The maximum Gasteiger partial charge on any atom is 0.123 e. The van der Waals surface area contributed by atoms with Gasteiger partial charge in [0.15, 0.2) is 0 Å². The van der Waals surface area contributed by atoms with Crippen LogP contribution in [-0.4, -0.2) is 34.1 Å². The Bertz CT molecular complexity index is 1170. The summed E-state index contributed by atoms with van der Waals surface area (Å²) in [7, 11) is 0. The quantitative estimate of drug-likeness (QED) is 0.386. The number of fused-ring (bicyclic) bond motifs is 1. The molecular formula is C26H25FN2S. The van der Waals surface area contributed by atoms with Crippen LogP contribution >= 0.6 is 11.8 Å². The van der Waals surface area contributed by atoms with Crippen molar-refractivity contribution in [2.24, 2.45) is 0 Å². The van der Waals surface area contributed by atoms with Crippen LogP contribution in [0.4, 0.5) is 4.39 Å². The van der Waals surface area contributed by atoms with Gasteiger partial charge in [0.2, 0.25) is 0 Å². The highest BCUT2D eigenvalue weighted by Crippen LogP contribution is 2.33. The first-order chi connectivity index (χ1) is 14.7. The predicted octanol–water partition coefficient (Wildman–Crippen LogP) is 6.29. The molecule has 0 unspecified atom stereocenters. The number of hydrogen-bond acceptors (Lipinski definition) is 2. The van der Waals surface area contributed by atoms with Crippen LogP contribution < -0.4 is 0 Å². The summed E-state index contributed by atoms with van der Waals surface area (Å²) in [5, 5.41) is 2.45. The molecule has 0 atom stereocenters. The maximum absolute atomic E-state index is 13.6. The topological polar surface area (TPSA) is 8.17 Å². The van der Waals surface area contributed by atoms with E-state index in [-0.39, 0.29) is 5.82 Å². The summed E-state index contributed by atoms with van der Waals surface area (Å²) in [5.41, 5.74) is 5.92. The van der Waals surface area contributed by atoms with Crippen molar-refractivity contribution in [3.05, 3.63) is 89.9 Å². The molecule has 5 rings (SSSR count). The van der Waals surface area contributed by atoms with E-state index in [1.165, 1.54) is 39.2 Å². The van der Waals surface area contributed by atoms with Gasteiger partial charge in [0.25, 0.3) is 0 Å². The lowest BCUT2D eigenvalue weighted by Gasteiger charge is -2.26. The molecule has 0 radical (unpaired) electrons. The standard InChI is InChI=1S/C26H25FN2S/c1-19-22(18-28-13-15-30-16-14-28)17-26(21-9-11-23(27)12-10-21)29(19)25-8-4-6-20-5-2-3-7-24(20)25/h2-12,17H,13-16,18H2,1H3. The summed E-state index contributed by atoms with van der Waals surface area (Å²) in [6.07, 6.45) is 0. The van der Waals surface area contributed by atoms with Gasteiger partial charge in [0.1, 0.15) is 5.82 Å². The number of halogens is 1. The van der Waals surface area contributed by atoms with Gasteiger partial charge in [-0.3, -0.25) is 4.90 Å². The summed E-state index contributed by atoms with van der Waals surface area (Å²) in [4.78, 5) is 2.54. The van der Waals surface area contributed by atoms with E-state index in [9.17, 15) is 4.39 Å². The highest BCUT2D eigenvalue weighted by Gasteiger charge is 2.19. The first-order valence-corrected chi connectivity index (χ1v) is 11.6. The van der Waals surface area contributed by atoms with Gasteiger partial charge in [0.05, 0.1) is 11.4 Å². The Morgan fingerprint density at radius 1 is 0.900 bits per heavy atom. The van der Waals surface area contributed by atoms with Crippen molar-refractivity contribution >= 4 is 22.5 Å². The van der Waals surface area contributed by atoms with Gasteiger partial charge in [-0.25, -0.2) is 4.39 Å². The smallest absolute Gasteiger partial charge is 0.123 e. The Labute approximate surface area is 181 Å².